The van der Waals surface area contributed by atoms with E-state index in [9.17, 15) is 8.42 Å². The van der Waals surface area contributed by atoms with Gasteiger partial charge >= 0.3 is 0 Å². The normalized spacial score (nSPS) is 20.9. The standard InChI is InChI=1S/C13H16N2O3S/c1-10(13-6-3-7-18-13)15-19(16,17)12-5-2-4-11(8-12)9-14/h2,4-5,8,10,13,15H,3,6-7H2,1H3/t10-,13+/m1/s1. The molecule has 0 bridgehead atoms. The van der Waals surface area contributed by atoms with Crippen molar-refractivity contribution in [1.82, 2.24) is 4.72 Å². The van der Waals surface area contributed by atoms with E-state index in [1.54, 1.807) is 19.1 Å². The van der Waals surface area contributed by atoms with Gasteiger partial charge in [0, 0.05) is 12.6 Å². The van der Waals surface area contributed by atoms with Crippen LogP contribution in [0.4, 0.5) is 0 Å². The molecule has 102 valence electrons. The Kier molecular flexibility index (Phi) is 4.20. The summed E-state index contributed by atoms with van der Waals surface area (Å²) in [5, 5.41) is 8.80. The summed E-state index contributed by atoms with van der Waals surface area (Å²) in [6, 6.07) is 7.63. The van der Waals surface area contributed by atoms with Crippen molar-refractivity contribution in [2.24, 2.45) is 0 Å². The molecule has 1 heterocycles. The Hall–Kier alpha value is -1.42. The highest BCUT2D eigenvalue weighted by Gasteiger charge is 2.26. The lowest BCUT2D eigenvalue weighted by Crippen LogP contribution is -2.40. The van der Waals surface area contributed by atoms with Crippen molar-refractivity contribution in [3.8, 4) is 6.07 Å². The van der Waals surface area contributed by atoms with E-state index in [0.29, 0.717) is 12.2 Å². The van der Waals surface area contributed by atoms with Crippen LogP contribution < -0.4 is 4.72 Å². The highest BCUT2D eigenvalue weighted by molar-refractivity contribution is 7.89. The minimum Gasteiger partial charge on any atom is -0.377 e. The molecule has 1 aliphatic heterocycles. The molecule has 0 aromatic heterocycles. The van der Waals surface area contributed by atoms with Crippen LogP contribution in [-0.2, 0) is 14.8 Å². The van der Waals surface area contributed by atoms with Gasteiger partial charge in [-0.2, -0.15) is 5.26 Å². The van der Waals surface area contributed by atoms with Crippen LogP contribution in [0.5, 0.6) is 0 Å². The van der Waals surface area contributed by atoms with Gasteiger partial charge < -0.3 is 4.74 Å². The number of nitriles is 1. The Balaban J connectivity index is 2.15. The summed E-state index contributed by atoms with van der Waals surface area (Å²) in [5.74, 6) is 0. The number of rotatable bonds is 4. The fourth-order valence-electron chi connectivity index (χ4n) is 2.12. The summed E-state index contributed by atoms with van der Waals surface area (Å²) in [5.41, 5.74) is 0.327. The number of benzene rings is 1. The van der Waals surface area contributed by atoms with Crippen molar-refractivity contribution in [2.75, 3.05) is 6.61 Å². The fourth-order valence-corrected chi connectivity index (χ4v) is 3.44. The molecule has 1 fully saturated rings. The van der Waals surface area contributed by atoms with Gasteiger partial charge in [-0.25, -0.2) is 13.1 Å². The molecule has 1 N–H and O–H groups in total. The smallest absolute Gasteiger partial charge is 0.240 e. The first kappa shape index (κ1) is 14.0. The van der Waals surface area contributed by atoms with E-state index in [4.69, 9.17) is 10.00 Å². The number of nitrogens with one attached hydrogen (secondary N) is 1. The topological polar surface area (TPSA) is 79.2 Å². The third-order valence-electron chi connectivity index (χ3n) is 3.14. The zero-order valence-corrected chi connectivity index (χ0v) is 11.5. The van der Waals surface area contributed by atoms with E-state index in [-0.39, 0.29) is 17.0 Å². The largest absolute Gasteiger partial charge is 0.377 e. The van der Waals surface area contributed by atoms with Crippen LogP contribution in [0.3, 0.4) is 0 Å². The molecule has 0 spiro atoms. The Labute approximate surface area is 113 Å². The van der Waals surface area contributed by atoms with Crippen LogP contribution in [0.2, 0.25) is 0 Å². The third-order valence-corrected chi connectivity index (χ3v) is 4.69. The molecule has 6 heteroatoms. The van der Waals surface area contributed by atoms with Crippen LogP contribution >= 0.6 is 0 Å². The van der Waals surface area contributed by atoms with Crippen molar-refractivity contribution >= 4 is 10.0 Å². The van der Waals surface area contributed by atoms with Crippen LogP contribution in [-0.4, -0.2) is 27.2 Å². The first-order valence-corrected chi connectivity index (χ1v) is 7.65. The average Bonchev–Trinajstić information content (AvgIpc) is 2.92. The molecule has 1 aromatic rings. The third kappa shape index (κ3) is 3.32. The first-order chi connectivity index (χ1) is 9.03. The Bertz CT molecular complexity index is 586. The maximum absolute atomic E-state index is 12.2. The molecule has 5 nitrogen and oxygen atoms in total. The van der Waals surface area contributed by atoms with Crippen molar-refractivity contribution in [3.05, 3.63) is 29.8 Å². The van der Waals surface area contributed by atoms with Gasteiger partial charge in [0.25, 0.3) is 0 Å². The number of hydrogen-bond donors (Lipinski definition) is 1. The Morgan fingerprint density at radius 2 is 2.32 bits per heavy atom. The zero-order chi connectivity index (χ0) is 13.9. The molecular weight excluding hydrogens is 264 g/mol. The minimum atomic E-state index is -3.61. The predicted molar refractivity (Wildman–Crippen MR) is 69.9 cm³/mol. The molecular formula is C13H16N2O3S. The lowest BCUT2D eigenvalue weighted by molar-refractivity contribution is 0.0902. The van der Waals surface area contributed by atoms with Gasteiger partial charge in [0.15, 0.2) is 0 Å². The van der Waals surface area contributed by atoms with Crippen LogP contribution in [0.25, 0.3) is 0 Å². The predicted octanol–water partition coefficient (Wildman–Crippen LogP) is 1.40. The molecule has 0 radical (unpaired) electrons. The maximum Gasteiger partial charge on any atom is 0.240 e. The van der Waals surface area contributed by atoms with Crippen molar-refractivity contribution in [2.45, 2.75) is 36.8 Å². The van der Waals surface area contributed by atoms with E-state index >= 15 is 0 Å². The van der Waals surface area contributed by atoms with E-state index in [1.807, 2.05) is 6.07 Å². The van der Waals surface area contributed by atoms with Gasteiger partial charge in [-0.1, -0.05) is 6.07 Å². The second-order valence-electron chi connectivity index (χ2n) is 4.60. The highest BCUT2D eigenvalue weighted by atomic mass is 32.2. The molecule has 1 aliphatic rings. The lowest BCUT2D eigenvalue weighted by atomic mass is 10.1. The zero-order valence-electron chi connectivity index (χ0n) is 10.7. The van der Waals surface area contributed by atoms with Gasteiger partial charge in [0.1, 0.15) is 0 Å². The number of sulfonamides is 1. The van der Waals surface area contributed by atoms with Crippen molar-refractivity contribution < 1.29 is 13.2 Å². The summed E-state index contributed by atoms with van der Waals surface area (Å²) in [7, 11) is -3.61. The van der Waals surface area contributed by atoms with Crippen LogP contribution in [0.15, 0.2) is 29.2 Å². The van der Waals surface area contributed by atoms with Gasteiger partial charge in [-0.3, -0.25) is 0 Å². The Morgan fingerprint density at radius 3 is 2.95 bits per heavy atom. The monoisotopic (exact) mass is 280 g/mol. The summed E-state index contributed by atoms with van der Waals surface area (Å²) in [6.07, 6.45) is 1.75. The SMILES string of the molecule is C[C@@H](NS(=O)(=O)c1cccc(C#N)c1)[C@@H]1CCCO1. The molecule has 0 unspecified atom stereocenters. The Morgan fingerprint density at radius 1 is 1.53 bits per heavy atom. The summed E-state index contributed by atoms with van der Waals surface area (Å²) in [4.78, 5) is 0.108. The average molecular weight is 280 g/mol. The molecule has 0 aliphatic carbocycles. The maximum atomic E-state index is 12.2. The molecule has 2 atom stereocenters. The van der Waals surface area contributed by atoms with Crippen molar-refractivity contribution in [1.29, 1.82) is 5.26 Å². The molecule has 1 aromatic carbocycles. The van der Waals surface area contributed by atoms with E-state index < -0.39 is 10.0 Å². The molecule has 0 amide bonds. The summed E-state index contributed by atoms with van der Waals surface area (Å²) in [6.45, 7) is 2.47. The number of ether oxygens (including phenoxy) is 1. The summed E-state index contributed by atoms with van der Waals surface area (Å²) >= 11 is 0. The van der Waals surface area contributed by atoms with Crippen LogP contribution in [0.1, 0.15) is 25.3 Å². The second kappa shape index (κ2) is 5.70. The number of nitrogens with zero attached hydrogens (tertiary/aromatic N) is 1. The molecule has 2 rings (SSSR count). The number of hydrogen-bond acceptors (Lipinski definition) is 4. The van der Waals surface area contributed by atoms with E-state index in [0.717, 1.165) is 12.8 Å². The molecule has 1 saturated heterocycles. The van der Waals surface area contributed by atoms with Crippen LogP contribution in [0, 0.1) is 11.3 Å². The van der Waals surface area contributed by atoms with Gasteiger partial charge in [0.2, 0.25) is 10.0 Å². The van der Waals surface area contributed by atoms with Gasteiger partial charge in [0.05, 0.1) is 22.6 Å². The summed E-state index contributed by atoms with van der Waals surface area (Å²) < 4.78 is 32.4. The van der Waals surface area contributed by atoms with Crippen molar-refractivity contribution in [3.63, 3.8) is 0 Å². The molecule has 0 saturated carbocycles. The lowest BCUT2D eigenvalue weighted by Gasteiger charge is -2.19. The second-order valence-corrected chi connectivity index (χ2v) is 6.32. The van der Waals surface area contributed by atoms with Gasteiger partial charge in [-0.05, 0) is 38.0 Å². The first-order valence-electron chi connectivity index (χ1n) is 6.17. The van der Waals surface area contributed by atoms with E-state index in [1.165, 1.54) is 12.1 Å². The van der Waals surface area contributed by atoms with E-state index in [2.05, 4.69) is 4.72 Å². The fraction of sp³-hybridized carbons (Fsp3) is 0.462. The quantitative estimate of drug-likeness (QED) is 0.904. The highest BCUT2D eigenvalue weighted by Crippen LogP contribution is 2.18. The minimum absolute atomic E-state index is 0.0751. The molecule has 19 heavy (non-hydrogen) atoms. The van der Waals surface area contributed by atoms with Gasteiger partial charge in [-0.15, -0.1) is 0 Å².